The van der Waals surface area contributed by atoms with Gasteiger partial charge in [-0.05, 0) is 70.4 Å². The number of rotatable bonds is 4. The van der Waals surface area contributed by atoms with E-state index in [4.69, 9.17) is 4.74 Å². The quantitative estimate of drug-likeness (QED) is 0.728. The van der Waals surface area contributed by atoms with Crippen LogP contribution in [0.15, 0.2) is 17.0 Å². The number of ether oxygens (including phenoxy) is 1. The highest BCUT2D eigenvalue weighted by molar-refractivity contribution is 7.89. The van der Waals surface area contributed by atoms with Crippen molar-refractivity contribution >= 4 is 16.0 Å². The monoisotopic (exact) mass is 393 g/mol. The van der Waals surface area contributed by atoms with Crippen LogP contribution >= 0.6 is 0 Å². The summed E-state index contributed by atoms with van der Waals surface area (Å²) in [5.74, 6) is -0.319. The summed E-state index contributed by atoms with van der Waals surface area (Å²) in [7, 11) is -3.54. The number of piperidine rings is 1. The van der Waals surface area contributed by atoms with Gasteiger partial charge in [0.15, 0.2) is 0 Å². The van der Waals surface area contributed by atoms with E-state index < -0.39 is 10.0 Å². The third kappa shape index (κ3) is 4.54. The van der Waals surface area contributed by atoms with E-state index in [-0.39, 0.29) is 18.0 Å². The summed E-state index contributed by atoms with van der Waals surface area (Å²) in [6.07, 6.45) is 6.54. The number of carbonyl (C=O) groups excluding carboxylic acids is 1. The Balaban J connectivity index is 1.64. The van der Waals surface area contributed by atoms with Crippen molar-refractivity contribution < 1.29 is 17.9 Å². The number of sulfonamides is 1. The number of nitrogens with zero attached hydrogens (tertiary/aromatic N) is 1. The lowest BCUT2D eigenvalue weighted by molar-refractivity contribution is -0.156. The second-order valence-electron chi connectivity index (χ2n) is 8.10. The molecule has 1 aliphatic heterocycles. The van der Waals surface area contributed by atoms with Crippen molar-refractivity contribution in [3.8, 4) is 0 Å². The summed E-state index contributed by atoms with van der Waals surface area (Å²) in [6, 6.07) is 3.82. The Labute approximate surface area is 163 Å². The second-order valence-corrected chi connectivity index (χ2v) is 9.98. The molecule has 1 aliphatic carbocycles. The molecular weight excluding hydrogens is 362 g/mol. The maximum Gasteiger partial charge on any atom is 0.309 e. The highest BCUT2D eigenvalue weighted by Crippen LogP contribution is 2.30. The molecule has 1 aromatic rings. The van der Waals surface area contributed by atoms with E-state index in [1.807, 2.05) is 32.9 Å². The number of hydrogen-bond acceptors (Lipinski definition) is 4. The molecule has 0 spiro atoms. The van der Waals surface area contributed by atoms with Gasteiger partial charge < -0.3 is 4.74 Å². The van der Waals surface area contributed by atoms with Gasteiger partial charge in [-0.2, -0.15) is 4.31 Å². The molecule has 1 saturated carbocycles. The minimum absolute atomic E-state index is 0.0610. The van der Waals surface area contributed by atoms with E-state index in [0.29, 0.717) is 30.8 Å². The van der Waals surface area contributed by atoms with Crippen molar-refractivity contribution in [3.05, 3.63) is 28.8 Å². The smallest absolute Gasteiger partial charge is 0.309 e. The van der Waals surface area contributed by atoms with Crippen LogP contribution in [0.5, 0.6) is 0 Å². The SMILES string of the molecule is Cc1cc(C)c(S(=O)(=O)N2CCC(C(=O)OC3CCCCC3)CC2)c(C)c1. The molecule has 1 heterocycles. The molecule has 0 bridgehead atoms. The van der Waals surface area contributed by atoms with Crippen molar-refractivity contribution in [2.75, 3.05) is 13.1 Å². The standard InChI is InChI=1S/C21H31NO4S/c1-15-13-16(2)20(17(3)14-15)27(24,25)22-11-9-18(10-12-22)21(23)26-19-7-5-4-6-8-19/h13-14,18-19H,4-12H2,1-3H3. The average molecular weight is 394 g/mol. The van der Waals surface area contributed by atoms with E-state index >= 15 is 0 Å². The lowest BCUT2D eigenvalue weighted by atomic mass is 9.96. The van der Waals surface area contributed by atoms with E-state index in [9.17, 15) is 13.2 Å². The van der Waals surface area contributed by atoms with Gasteiger partial charge in [0.05, 0.1) is 10.8 Å². The Morgan fingerprint density at radius 2 is 1.52 bits per heavy atom. The zero-order valence-corrected chi connectivity index (χ0v) is 17.5. The minimum Gasteiger partial charge on any atom is -0.462 e. The molecule has 0 unspecified atom stereocenters. The fourth-order valence-corrected chi connectivity index (χ4v) is 6.36. The number of aryl methyl sites for hydroxylation is 3. The van der Waals surface area contributed by atoms with Crippen LogP contribution in [0.1, 0.15) is 61.6 Å². The van der Waals surface area contributed by atoms with Crippen LogP contribution in [0.3, 0.4) is 0 Å². The van der Waals surface area contributed by atoms with Crippen LogP contribution < -0.4 is 0 Å². The van der Waals surface area contributed by atoms with Crippen molar-refractivity contribution in [2.45, 2.75) is 76.7 Å². The van der Waals surface area contributed by atoms with Gasteiger partial charge in [-0.1, -0.05) is 24.1 Å². The largest absolute Gasteiger partial charge is 0.462 e. The van der Waals surface area contributed by atoms with Crippen LogP contribution in [-0.2, 0) is 19.6 Å². The van der Waals surface area contributed by atoms with Gasteiger partial charge >= 0.3 is 5.97 Å². The number of carbonyl (C=O) groups is 1. The van der Waals surface area contributed by atoms with E-state index in [1.54, 1.807) is 0 Å². The molecule has 1 aromatic carbocycles. The first kappa shape index (κ1) is 20.3. The van der Waals surface area contributed by atoms with Crippen LogP contribution in [-0.4, -0.2) is 37.9 Å². The zero-order valence-electron chi connectivity index (χ0n) is 16.7. The lowest BCUT2D eigenvalue weighted by Crippen LogP contribution is -2.41. The van der Waals surface area contributed by atoms with Gasteiger partial charge in [0, 0.05) is 13.1 Å². The van der Waals surface area contributed by atoms with Gasteiger partial charge in [0.2, 0.25) is 10.0 Å². The summed E-state index contributed by atoms with van der Waals surface area (Å²) in [4.78, 5) is 12.9. The maximum atomic E-state index is 13.1. The summed E-state index contributed by atoms with van der Waals surface area (Å²) in [5.41, 5.74) is 2.63. The molecule has 1 saturated heterocycles. The van der Waals surface area contributed by atoms with Crippen molar-refractivity contribution in [2.24, 2.45) is 5.92 Å². The second kappa shape index (κ2) is 8.31. The first-order valence-corrected chi connectivity index (χ1v) is 11.5. The van der Waals surface area contributed by atoms with Crippen LogP contribution in [0.4, 0.5) is 0 Å². The molecule has 5 nitrogen and oxygen atoms in total. The average Bonchev–Trinajstić information content (AvgIpc) is 2.61. The highest BCUT2D eigenvalue weighted by atomic mass is 32.2. The van der Waals surface area contributed by atoms with Gasteiger partial charge in [0.1, 0.15) is 6.10 Å². The molecule has 0 radical (unpaired) electrons. The Bertz CT molecular complexity index is 765. The van der Waals surface area contributed by atoms with Gasteiger partial charge in [0.25, 0.3) is 0 Å². The third-order valence-corrected chi connectivity index (χ3v) is 8.03. The van der Waals surface area contributed by atoms with Crippen molar-refractivity contribution in [3.63, 3.8) is 0 Å². The number of esters is 1. The van der Waals surface area contributed by atoms with Crippen LogP contribution in [0, 0.1) is 26.7 Å². The Morgan fingerprint density at radius 3 is 2.07 bits per heavy atom. The normalized spacial score (nSPS) is 20.6. The zero-order chi connectivity index (χ0) is 19.6. The molecule has 0 amide bonds. The minimum atomic E-state index is -3.54. The van der Waals surface area contributed by atoms with Crippen LogP contribution in [0.25, 0.3) is 0 Å². The van der Waals surface area contributed by atoms with Gasteiger partial charge in [-0.15, -0.1) is 0 Å². The molecule has 27 heavy (non-hydrogen) atoms. The molecule has 0 N–H and O–H groups in total. The molecule has 2 fully saturated rings. The third-order valence-electron chi connectivity index (χ3n) is 5.82. The fourth-order valence-electron chi connectivity index (χ4n) is 4.48. The first-order valence-electron chi connectivity index (χ1n) is 10.1. The first-order chi connectivity index (χ1) is 12.8. The van der Waals surface area contributed by atoms with E-state index in [2.05, 4.69) is 0 Å². The molecule has 0 aromatic heterocycles. The Kier molecular flexibility index (Phi) is 6.26. The summed E-state index contributed by atoms with van der Waals surface area (Å²) in [6.45, 7) is 6.42. The topological polar surface area (TPSA) is 63.7 Å². The molecule has 0 atom stereocenters. The molecule has 2 aliphatic rings. The summed E-state index contributed by atoms with van der Waals surface area (Å²) >= 11 is 0. The lowest BCUT2D eigenvalue weighted by Gasteiger charge is -2.32. The fraction of sp³-hybridized carbons (Fsp3) is 0.667. The summed E-state index contributed by atoms with van der Waals surface area (Å²) < 4.78 is 33.5. The predicted molar refractivity (Wildman–Crippen MR) is 105 cm³/mol. The Hall–Kier alpha value is -1.40. The molecule has 6 heteroatoms. The van der Waals surface area contributed by atoms with Gasteiger partial charge in [-0.25, -0.2) is 8.42 Å². The summed E-state index contributed by atoms with van der Waals surface area (Å²) in [5, 5.41) is 0. The maximum absolute atomic E-state index is 13.1. The molecule has 3 rings (SSSR count). The van der Waals surface area contributed by atoms with Crippen molar-refractivity contribution in [1.29, 1.82) is 0 Å². The highest BCUT2D eigenvalue weighted by Gasteiger charge is 2.35. The van der Waals surface area contributed by atoms with Crippen LogP contribution in [0.2, 0.25) is 0 Å². The molecule has 150 valence electrons. The predicted octanol–water partition coefficient (Wildman–Crippen LogP) is 3.89. The van der Waals surface area contributed by atoms with Gasteiger partial charge in [-0.3, -0.25) is 4.79 Å². The number of benzene rings is 1. The van der Waals surface area contributed by atoms with Crippen molar-refractivity contribution in [1.82, 2.24) is 4.31 Å². The Morgan fingerprint density at radius 1 is 0.963 bits per heavy atom. The number of hydrogen-bond donors (Lipinski definition) is 0. The van der Waals surface area contributed by atoms with E-state index in [1.165, 1.54) is 10.7 Å². The van der Waals surface area contributed by atoms with E-state index in [0.717, 1.165) is 42.4 Å². The molecular formula is C21H31NO4S.